The standard InChI is InChI=1S/C29H32N2O2/c1-20-8-9-23(21(2)18-20)19-31-16-14-29(15-17-31)27(22-10-12-24(33-3)13-11-22)28(32)25-6-4-5-7-26(25)30-29/h4-13,18,27,30H,14-17,19H2,1-3H3. The predicted molar refractivity (Wildman–Crippen MR) is 133 cm³/mol. The summed E-state index contributed by atoms with van der Waals surface area (Å²) in [5.41, 5.74) is 6.59. The van der Waals surface area contributed by atoms with Crippen LogP contribution in [0.4, 0.5) is 5.69 Å². The number of methoxy groups -OCH3 is 1. The highest BCUT2D eigenvalue weighted by molar-refractivity contribution is 6.08. The lowest BCUT2D eigenvalue weighted by Gasteiger charge is -2.50. The van der Waals surface area contributed by atoms with Crippen molar-refractivity contribution in [3.8, 4) is 5.75 Å². The number of nitrogens with zero attached hydrogens (tertiary/aromatic N) is 1. The molecular weight excluding hydrogens is 408 g/mol. The Hall–Kier alpha value is -3.11. The van der Waals surface area contributed by atoms with Crippen LogP contribution >= 0.6 is 0 Å². The first-order chi connectivity index (χ1) is 16.0. The molecule has 1 saturated heterocycles. The molecule has 0 radical (unpaired) electrons. The Morgan fingerprint density at radius 1 is 1.00 bits per heavy atom. The number of piperidine rings is 1. The van der Waals surface area contributed by atoms with Gasteiger partial charge in [-0.1, -0.05) is 48.0 Å². The van der Waals surface area contributed by atoms with E-state index >= 15 is 0 Å². The number of anilines is 1. The molecule has 1 spiro atoms. The van der Waals surface area contributed by atoms with Gasteiger partial charge in [-0.05, 0) is 67.6 Å². The minimum atomic E-state index is -0.279. The molecule has 0 saturated carbocycles. The number of carbonyl (C=O) groups excluding carboxylic acids is 1. The SMILES string of the molecule is COc1ccc(C2C(=O)c3ccccc3NC23CCN(Cc2ccc(C)cc2C)CC3)cc1. The molecule has 1 atom stereocenters. The van der Waals surface area contributed by atoms with Gasteiger partial charge in [0.05, 0.1) is 18.6 Å². The molecule has 2 aliphatic rings. The van der Waals surface area contributed by atoms with Crippen molar-refractivity contribution >= 4 is 11.5 Å². The fourth-order valence-corrected chi connectivity index (χ4v) is 5.61. The van der Waals surface area contributed by atoms with E-state index in [1.165, 1.54) is 16.7 Å². The number of nitrogens with one attached hydrogen (secondary N) is 1. The number of rotatable bonds is 4. The number of carbonyl (C=O) groups is 1. The molecule has 3 aromatic rings. The van der Waals surface area contributed by atoms with Gasteiger partial charge >= 0.3 is 0 Å². The molecule has 1 fully saturated rings. The number of ether oxygens (including phenoxy) is 1. The zero-order valence-corrected chi connectivity index (χ0v) is 19.7. The second-order valence-corrected chi connectivity index (χ2v) is 9.60. The molecule has 33 heavy (non-hydrogen) atoms. The van der Waals surface area contributed by atoms with Gasteiger partial charge in [0.25, 0.3) is 0 Å². The Bertz CT molecular complexity index is 1160. The van der Waals surface area contributed by atoms with Gasteiger partial charge < -0.3 is 10.1 Å². The lowest BCUT2D eigenvalue weighted by Crippen LogP contribution is -2.56. The number of hydrogen-bond acceptors (Lipinski definition) is 4. The molecule has 2 aliphatic heterocycles. The summed E-state index contributed by atoms with van der Waals surface area (Å²) in [4.78, 5) is 16.3. The zero-order valence-electron chi connectivity index (χ0n) is 19.7. The van der Waals surface area contributed by atoms with Crippen LogP contribution in [0.3, 0.4) is 0 Å². The number of aryl methyl sites for hydroxylation is 2. The van der Waals surface area contributed by atoms with E-state index in [4.69, 9.17) is 4.74 Å². The van der Waals surface area contributed by atoms with Gasteiger partial charge in [-0.15, -0.1) is 0 Å². The molecule has 170 valence electrons. The molecule has 1 unspecified atom stereocenters. The van der Waals surface area contributed by atoms with Crippen molar-refractivity contribution in [2.45, 2.75) is 44.7 Å². The molecule has 5 rings (SSSR count). The summed E-state index contributed by atoms with van der Waals surface area (Å²) in [6.45, 7) is 7.22. The number of Topliss-reactive ketones (excluding diaryl/α,β-unsaturated/α-hetero) is 1. The maximum atomic E-state index is 13.8. The Labute approximate surface area is 196 Å². The highest BCUT2D eigenvalue weighted by Gasteiger charge is 2.49. The number of hydrogen-bond donors (Lipinski definition) is 1. The van der Waals surface area contributed by atoms with Crippen molar-refractivity contribution < 1.29 is 9.53 Å². The Balaban J connectivity index is 1.43. The van der Waals surface area contributed by atoms with Crippen LogP contribution in [0, 0.1) is 13.8 Å². The summed E-state index contributed by atoms with van der Waals surface area (Å²) >= 11 is 0. The number of para-hydroxylation sites is 1. The van der Waals surface area contributed by atoms with E-state index in [1.54, 1.807) is 7.11 Å². The van der Waals surface area contributed by atoms with Crippen LogP contribution in [-0.2, 0) is 6.54 Å². The number of ketones is 1. The van der Waals surface area contributed by atoms with Crippen LogP contribution in [0.1, 0.15) is 51.4 Å². The summed E-state index contributed by atoms with van der Waals surface area (Å²) in [6, 6.07) is 22.7. The fraction of sp³-hybridized carbons (Fsp3) is 0.345. The highest BCUT2D eigenvalue weighted by Crippen LogP contribution is 2.46. The summed E-state index contributed by atoms with van der Waals surface area (Å²) in [5.74, 6) is 0.826. The first kappa shape index (κ1) is 21.7. The van der Waals surface area contributed by atoms with Crippen molar-refractivity contribution in [2.75, 3.05) is 25.5 Å². The van der Waals surface area contributed by atoms with Gasteiger partial charge in [-0.3, -0.25) is 9.69 Å². The highest BCUT2D eigenvalue weighted by atomic mass is 16.5. The molecule has 3 aromatic carbocycles. The van der Waals surface area contributed by atoms with Crippen molar-refractivity contribution in [3.63, 3.8) is 0 Å². The van der Waals surface area contributed by atoms with Crippen LogP contribution in [0.5, 0.6) is 5.75 Å². The molecule has 0 aliphatic carbocycles. The first-order valence-electron chi connectivity index (χ1n) is 11.8. The summed E-state index contributed by atoms with van der Waals surface area (Å²) < 4.78 is 5.36. The van der Waals surface area contributed by atoms with Crippen LogP contribution in [-0.4, -0.2) is 36.4 Å². The smallest absolute Gasteiger partial charge is 0.174 e. The van der Waals surface area contributed by atoms with E-state index in [1.807, 2.05) is 36.4 Å². The van der Waals surface area contributed by atoms with E-state index in [0.717, 1.165) is 55.0 Å². The normalized spacial score (nSPS) is 19.7. The van der Waals surface area contributed by atoms with Gasteiger partial charge in [0, 0.05) is 30.9 Å². The topological polar surface area (TPSA) is 41.6 Å². The van der Waals surface area contributed by atoms with Crippen molar-refractivity contribution in [1.82, 2.24) is 4.90 Å². The fourth-order valence-electron chi connectivity index (χ4n) is 5.61. The maximum absolute atomic E-state index is 13.8. The van der Waals surface area contributed by atoms with E-state index in [0.29, 0.717) is 0 Å². The molecular formula is C29H32N2O2. The third kappa shape index (κ3) is 4.04. The van der Waals surface area contributed by atoms with Gasteiger partial charge in [-0.25, -0.2) is 0 Å². The third-order valence-electron chi connectivity index (χ3n) is 7.48. The van der Waals surface area contributed by atoms with Crippen molar-refractivity contribution in [2.24, 2.45) is 0 Å². The average Bonchev–Trinajstić information content (AvgIpc) is 2.83. The Morgan fingerprint density at radius 3 is 2.42 bits per heavy atom. The Kier molecular flexibility index (Phi) is 5.71. The van der Waals surface area contributed by atoms with Crippen molar-refractivity contribution in [3.05, 3.63) is 94.5 Å². The lowest BCUT2D eigenvalue weighted by molar-refractivity contribution is 0.0842. The summed E-state index contributed by atoms with van der Waals surface area (Å²) in [6.07, 6.45) is 1.85. The van der Waals surface area contributed by atoms with Gasteiger partial charge in [-0.2, -0.15) is 0 Å². The lowest BCUT2D eigenvalue weighted by atomic mass is 9.67. The van der Waals surface area contributed by atoms with E-state index in [-0.39, 0.29) is 17.2 Å². The third-order valence-corrected chi connectivity index (χ3v) is 7.48. The quantitative estimate of drug-likeness (QED) is 0.562. The molecule has 1 N–H and O–H groups in total. The number of fused-ring (bicyclic) bond motifs is 1. The van der Waals surface area contributed by atoms with E-state index < -0.39 is 0 Å². The summed E-state index contributed by atoms with van der Waals surface area (Å²) in [7, 11) is 1.67. The predicted octanol–water partition coefficient (Wildman–Crippen LogP) is 5.74. The van der Waals surface area contributed by atoms with Crippen LogP contribution in [0.2, 0.25) is 0 Å². The van der Waals surface area contributed by atoms with Crippen LogP contribution in [0.25, 0.3) is 0 Å². The van der Waals surface area contributed by atoms with Crippen molar-refractivity contribution in [1.29, 1.82) is 0 Å². The second kappa shape index (κ2) is 8.68. The Morgan fingerprint density at radius 2 is 1.73 bits per heavy atom. The second-order valence-electron chi connectivity index (χ2n) is 9.60. The van der Waals surface area contributed by atoms with Gasteiger partial charge in [0.15, 0.2) is 5.78 Å². The minimum Gasteiger partial charge on any atom is -0.497 e. The monoisotopic (exact) mass is 440 g/mol. The number of benzene rings is 3. The zero-order chi connectivity index (χ0) is 23.0. The first-order valence-corrected chi connectivity index (χ1v) is 11.8. The van der Waals surface area contributed by atoms with Crippen LogP contribution < -0.4 is 10.1 Å². The molecule has 0 bridgehead atoms. The van der Waals surface area contributed by atoms with E-state index in [2.05, 4.69) is 54.4 Å². The largest absolute Gasteiger partial charge is 0.497 e. The molecule has 0 aromatic heterocycles. The van der Waals surface area contributed by atoms with Gasteiger partial charge in [0.1, 0.15) is 5.75 Å². The molecule has 2 heterocycles. The van der Waals surface area contributed by atoms with E-state index in [9.17, 15) is 4.79 Å². The summed E-state index contributed by atoms with van der Waals surface area (Å²) in [5, 5.41) is 3.84. The molecule has 4 heteroatoms. The molecule has 4 nitrogen and oxygen atoms in total. The number of likely N-dealkylation sites (tertiary alicyclic amines) is 1. The maximum Gasteiger partial charge on any atom is 0.174 e. The van der Waals surface area contributed by atoms with Gasteiger partial charge in [0.2, 0.25) is 0 Å². The minimum absolute atomic E-state index is 0.207. The molecule has 0 amide bonds. The van der Waals surface area contributed by atoms with Crippen LogP contribution in [0.15, 0.2) is 66.7 Å². The average molecular weight is 441 g/mol.